The summed E-state index contributed by atoms with van der Waals surface area (Å²) in [6.07, 6.45) is 0. The number of diazo groups is 1. The van der Waals surface area contributed by atoms with Crippen LogP contribution in [0, 0.1) is 5.39 Å². The van der Waals surface area contributed by atoms with E-state index in [4.69, 9.17) is 17.0 Å². The Kier molecular flexibility index (Phi) is 4.43. The second-order valence-corrected chi connectivity index (χ2v) is 3.02. The Labute approximate surface area is 83.7 Å². The van der Waals surface area contributed by atoms with E-state index in [0.29, 0.717) is 10.7 Å². The monoisotopic (exact) mass is 252 g/mol. The van der Waals surface area contributed by atoms with Crippen LogP contribution in [-0.4, -0.2) is 0 Å². The molecule has 0 N–H and O–H groups in total. The number of hydrogen-bond acceptors (Lipinski definition) is 1. The molecule has 11 heavy (non-hydrogen) atoms. The Morgan fingerprint density at radius 1 is 1.45 bits per heavy atom. The lowest BCUT2D eigenvalue weighted by molar-refractivity contribution is -0.00000203. The van der Waals surface area contributed by atoms with E-state index in [1.54, 1.807) is 18.2 Å². The second kappa shape index (κ2) is 4.55. The molecule has 58 valence electrons. The maximum atomic E-state index is 8.33. The van der Waals surface area contributed by atoms with Crippen molar-refractivity contribution >= 4 is 33.2 Å². The molecule has 1 aromatic carbocycles. The van der Waals surface area contributed by atoms with E-state index in [0.717, 1.165) is 4.47 Å². The first-order valence-corrected chi connectivity index (χ1v) is 3.71. The van der Waals surface area contributed by atoms with Crippen LogP contribution in [0.4, 0.5) is 5.69 Å². The standard InChI is InChI=1S/C6H3BrClN2.ClH/c7-4-1-2-6(10-9)5(8)3-4;/h1-3H;1H/q+1;/p-1. The molecule has 2 nitrogen and oxygen atoms in total. The maximum Gasteiger partial charge on any atom is 0.403 e. The molecule has 5 heteroatoms. The molecule has 0 aromatic heterocycles. The molecule has 0 aliphatic carbocycles. The summed E-state index contributed by atoms with van der Waals surface area (Å²) in [7, 11) is 0. The van der Waals surface area contributed by atoms with E-state index >= 15 is 0 Å². The summed E-state index contributed by atoms with van der Waals surface area (Å²) in [5.74, 6) is 0. The molecule has 0 saturated carbocycles. The summed E-state index contributed by atoms with van der Waals surface area (Å²) in [5.41, 5.74) is 0.380. The summed E-state index contributed by atoms with van der Waals surface area (Å²) in [5, 5.41) is 8.76. The molecule has 0 aliphatic rings. The van der Waals surface area contributed by atoms with Crippen LogP contribution in [0.1, 0.15) is 0 Å². The molecule has 0 radical (unpaired) electrons. The van der Waals surface area contributed by atoms with Crippen LogP contribution in [0.25, 0.3) is 4.98 Å². The van der Waals surface area contributed by atoms with Gasteiger partial charge in [0.25, 0.3) is 0 Å². The van der Waals surface area contributed by atoms with Crippen molar-refractivity contribution in [3.8, 4) is 0 Å². The number of rotatable bonds is 0. The minimum absolute atomic E-state index is 0. The van der Waals surface area contributed by atoms with Crippen LogP contribution in [-0.2, 0) is 0 Å². The molecule has 0 aliphatic heterocycles. The van der Waals surface area contributed by atoms with Gasteiger partial charge in [-0.3, -0.25) is 0 Å². The van der Waals surface area contributed by atoms with E-state index in [1.165, 1.54) is 0 Å². The molecule has 0 heterocycles. The van der Waals surface area contributed by atoms with Crippen LogP contribution >= 0.6 is 27.5 Å². The second-order valence-electron chi connectivity index (χ2n) is 1.70. The minimum atomic E-state index is 0. The van der Waals surface area contributed by atoms with Crippen LogP contribution in [0.5, 0.6) is 0 Å². The summed E-state index contributed by atoms with van der Waals surface area (Å²) >= 11 is 8.86. The van der Waals surface area contributed by atoms with Gasteiger partial charge < -0.3 is 12.4 Å². The molecule has 0 unspecified atom stereocenters. The largest absolute Gasteiger partial charge is 1.00 e. The Morgan fingerprint density at radius 3 is 2.55 bits per heavy atom. The highest BCUT2D eigenvalue weighted by molar-refractivity contribution is 9.10. The number of nitrogens with zero attached hydrogens (tertiary/aromatic N) is 2. The van der Waals surface area contributed by atoms with Crippen molar-refractivity contribution in [2.45, 2.75) is 0 Å². The fourth-order valence-electron chi connectivity index (χ4n) is 0.562. The first-order chi connectivity index (χ1) is 4.74. The van der Waals surface area contributed by atoms with Gasteiger partial charge in [0.1, 0.15) is 5.02 Å². The van der Waals surface area contributed by atoms with Crippen molar-refractivity contribution in [2.75, 3.05) is 0 Å². The predicted molar refractivity (Wildman–Crippen MR) is 43.9 cm³/mol. The van der Waals surface area contributed by atoms with Crippen LogP contribution in [0.15, 0.2) is 22.7 Å². The van der Waals surface area contributed by atoms with Gasteiger partial charge in [-0.1, -0.05) is 27.5 Å². The lowest BCUT2D eigenvalue weighted by Crippen LogP contribution is -3.00. The average Bonchev–Trinajstić information content (AvgIpc) is 1.88. The summed E-state index contributed by atoms with van der Waals surface area (Å²) in [4.78, 5) is 2.96. The molecule has 0 spiro atoms. The highest BCUT2D eigenvalue weighted by Gasteiger charge is 2.09. The van der Waals surface area contributed by atoms with Crippen molar-refractivity contribution in [1.82, 2.24) is 0 Å². The molecular formula is C6H3BrCl2N2. The molecule has 0 saturated heterocycles. The zero-order valence-corrected chi connectivity index (χ0v) is 8.36. The third kappa shape index (κ3) is 2.66. The average molecular weight is 254 g/mol. The van der Waals surface area contributed by atoms with Crippen molar-refractivity contribution in [3.05, 3.63) is 32.7 Å². The molecule has 0 fully saturated rings. The van der Waals surface area contributed by atoms with Gasteiger partial charge in [0.2, 0.25) is 5.39 Å². The zero-order valence-electron chi connectivity index (χ0n) is 5.26. The SMILES string of the molecule is N#[N+]c1ccc(Br)cc1Cl.[Cl-]. The fraction of sp³-hybridized carbons (Fsp3) is 0. The number of hydrogen-bond donors (Lipinski definition) is 0. The van der Waals surface area contributed by atoms with Crippen molar-refractivity contribution in [1.29, 1.82) is 5.39 Å². The van der Waals surface area contributed by atoms with Gasteiger partial charge in [-0.2, -0.15) is 0 Å². The molecular weight excluding hydrogens is 251 g/mol. The lowest BCUT2D eigenvalue weighted by Gasteiger charge is -1.85. The van der Waals surface area contributed by atoms with Crippen molar-refractivity contribution in [3.63, 3.8) is 0 Å². The van der Waals surface area contributed by atoms with Crippen molar-refractivity contribution < 1.29 is 12.4 Å². The quantitative estimate of drug-likeness (QED) is 0.623. The molecule has 1 rings (SSSR count). The highest BCUT2D eigenvalue weighted by Crippen LogP contribution is 2.27. The number of benzene rings is 1. The normalized spacial score (nSPS) is 8.09. The van der Waals surface area contributed by atoms with Gasteiger partial charge in [0.05, 0.1) is 0 Å². The van der Waals surface area contributed by atoms with Gasteiger partial charge in [-0.25, -0.2) is 0 Å². The topological polar surface area (TPSA) is 28.1 Å². The van der Waals surface area contributed by atoms with Gasteiger partial charge in [-0.05, 0) is 12.1 Å². The van der Waals surface area contributed by atoms with Gasteiger partial charge in [0, 0.05) is 10.5 Å². The van der Waals surface area contributed by atoms with E-state index in [9.17, 15) is 0 Å². The summed E-state index contributed by atoms with van der Waals surface area (Å²) < 4.78 is 0.866. The van der Waals surface area contributed by atoms with E-state index < -0.39 is 0 Å². The van der Waals surface area contributed by atoms with Gasteiger partial charge in [-0.15, -0.1) is 0 Å². The molecule has 1 aromatic rings. The van der Waals surface area contributed by atoms with E-state index in [-0.39, 0.29) is 12.4 Å². The van der Waals surface area contributed by atoms with Crippen LogP contribution in [0.3, 0.4) is 0 Å². The Morgan fingerprint density at radius 2 is 2.09 bits per heavy atom. The Hall–Kier alpha value is -0.300. The minimum Gasteiger partial charge on any atom is -1.00 e. The summed E-state index contributed by atoms with van der Waals surface area (Å²) in [6, 6.07) is 5.03. The lowest BCUT2D eigenvalue weighted by atomic mass is 10.3. The van der Waals surface area contributed by atoms with E-state index in [2.05, 4.69) is 20.9 Å². The highest BCUT2D eigenvalue weighted by atomic mass is 79.9. The first kappa shape index (κ1) is 10.7. The summed E-state index contributed by atoms with van der Waals surface area (Å²) in [6.45, 7) is 0. The predicted octanol–water partition coefficient (Wildman–Crippen LogP) is 0.591. The van der Waals surface area contributed by atoms with Crippen LogP contribution in [0.2, 0.25) is 5.02 Å². The number of halogens is 3. The van der Waals surface area contributed by atoms with Gasteiger partial charge >= 0.3 is 5.69 Å². The third-order valence-corrected chi connectivity index (χ3v) is 1.81. The molecule has 0 bridgehead atoms. The van der Waals surface area contributed by atoms with Gasteiger partial charge in [0.15, 0.2) is 4.98 Å². The van der Waals surface area contributed by atoms with E-state index in [1.807, 2.05) is 0 Å². The molecule has 0 amide bonds. The first-order valence-electron chi connectivity index (χ1n) is 2.54. The van der Waals surface area contributed by atoms with Crippen molar-refractivity contribution in [2.24, 2.45) is 0 Å². The smallest absolute Gasteiger partial charge is 0.403 e. The Bertz CT molecular complexity index is 295. The van der Waals surface area contributed by atoms with Crippen LogP contribution < -0.4 is 12.4 Å². The third-order valence-electron chi connectivity index (χ3n) is 1.02. The zero-order chi connectivity index (χ0) is 7.56. The molecule has 0 atom stereocenters. The maximum absolute atomic E-state index is 8.33. The Balaban J connectivity index is 0.000001000. The fourth-order valence-corrected chi connectivity index (χ4v) is 1.27.